The molecule has 5 rings (SSSR count). The zero-order valence-corrected chi connectivity index (χ0v) is 16.3. The molecule has 5 atom stereocenters. The topological polar surface area (TPSA) is 72.5 Å². The molecule has 5 aliphatic rings. The summed E-state index contributed by atoms with van der Waals surface area (Å²) in [7, 11) is 0. The number of carbonyl (C=O) groups is 1. The van der Waals surface area contributed by atoms with Crippen molar-refractivity contribution < 1.29 is 33.2 Å². The number of hydrogen-bond donors (Lipinski definition) is 0. The molecule has 0 aromatic rings. The first kappa shape index (κ1) is 19.0. The summed E-state index contributed by atoms with van der Waals surface area (Å²) in [6.07, 6.45) is 9.07. The molecule has 3 aliphatic heterocycles. The summed E-state index contributed by atoms with van der Waals surface area (Å²) in [5, 5.41) is 0. The molecule has 5 fully saturated rings. The van der Waals surface area contributed by atoms with Crippen LogP contribution in [0.5, 0.6) is 0 Å². The Morgan fingerprint density at radius 1 is 0.893 bits per heavy atom. The van der Waals surface area contributed by atoms with E-state index in [1.807, 2.05) is 0 Å². The molecule has 0 bridgehead atoms. The summed E-state index contributed by atoms with van der Waals surface area (Å²) in [5.41, 5.74) is 0. The van der Waals surface area contributed by atoms with Crippen LogP contribution in [0.25, 0.3) is 0 Å². The Bertz CT molecular complexity index is 608. The van der Waals surface area contributed by atoms with Crippen molar-refractivity contribution in [3.63, 3.8) is 0 Å². The van der Waals surface area contributed by atoms with Crippen LogP contribution in [0.1, 0.15) is 64.2 Å². The molecule has 0 aromatic carbocycles. The molecule has 2 spiro atoms. The first-order valence-electron chi connectivity index (χ1n) is 10.8. The molecule has 0 radical (unpaired) electrons. The minimum Gasteiger partial charge on any atom is -0.453 e. The van der Waals surface area contributed by atoms with Gasteiger partial charge in [-0.25, -0.2) is 4.79 Å². The summed E-state index contributed by atoms with van der Waals surface area (Å²) < 4.78 is 36.9. The third-order valence-corrected chi connectivity index (χ3v) is 6.78. The third-order valence-electron chi connectivity index (χ3n) is 6.78. The lowest BCUT2D eigenvalue weighted by Crippen LogP contribution is -2.46. The SMILES string of the molecule is C=CC(=O)OC1C(C2COC3(CCCCC3)O2)OC2OC3(CCCCC3)OC21. The van der Waals surface area contributed by atoms with Gasteiger partial charge in [-0.1, -0.05) is 19.4 Å². The molecule has 156 valence electrons. The van der Waals surface area contributed by atoms with Crippen molar-refractivity contribution in [2.45, 2.75) is 106 Å². The van der Waals surface area contributed by atoms with E-state index in [4.69, 9.17) is 28.4 Å². The Morgan fingerprint density at radius 2 is 1.57 bits per heavy atom. The van der Waals surface area contributed by atoms with Gasteiger partial charge in [0, 0.05) is 31.8 Å². The van der Waals surface area contributed by atoms with Gasteiger partial charge in [0.05, 0.1) is 6.61 Å². The monoisotopic (exact) mass is 394 g/mol. The van der Waals surface area contributed by atoms with E-state index in [9.17, 15) is 4.79 Å². The van der Waals surface area contributed by atoms with Crippen LogP contribution in [0.2, 0.25) is 0 Å². The van der Waals surface area contributed by atoms with E-state index in [0.29, 0.717) is 6.61 Å². The van der Waals surface area contributed by atoms with E-state index in [-0.39, 0.29) is 6.10 Å². The second-order valence-electron chi connectivity index (χ2n) is 8.69. The van der Waals surface area contributed by atoms with E-state index in [2.05, 4.69) is 6.58 Å². The van der Waals surface area contributed by atoms with Gasteiger partial charge in [0.15, 0.2) is 30.1 Å². The minimum absolute atomic E-state index is 0.305. The molecule has 2 aliphatic carbocycles. The van der Waals surface area contributed by atoms with Crippen LogP contribution >= 0.6 is 0 Å². The molecule has 2 saturated carbocycles. The van der Waals surface area contributed by atoms with Gasteiger partial charge in [0.2, 0.25) is 0 Å². The van der Waals surface area contributed by atoms with Crippen molar-refractivity contribution in [3.05, 3.63) is 12.7 Å². The number of ether oxygens (including phenoxy) is 6. The quantitative estimate of drug-likeness (QED) is 0.538. The number of fused-ring (bicyclic) bond motifs is 1. The van der Waals surface area contributed by atoms with E-state index in [1.165, 1.54) is 18.9 Å². The van der Waals surface area contributed by atoms with E-state index in [1.54, 1.807) is 0 Å². The molecular formula is C21H30O7. The van der Waals surface area contributed by atoms with Crippen LogP contribution < -0.4 is 0 Å². The maximum atomic E-state index is 12.0. The predicted octanol–water partition coefficient (Wildman–Crippen LogP) is 2.96. The summed E-state index contributed by atoms with van der Waals surface area (Å²) in [6.45, 7) is 3.95. The maximum absolute atomic E-state index is 12.0. The van der Waals surface area contributed by atoms with E-state index in [0.717, 1.165) is 51.4 Å². The lowest BCUT2D eigenvalue weighted by atomic mass is 9.94. The van der Waals surface area contributed by atoms with Crippen molar-refractivity contribution in [3.8, 4) is 0 Å². The second-order valence-corrected chi connectivity index (χ2v) is 8.69. The summed E-state index contributed by atoms with van der Waals surface area (Å²) in [4.78, 5) is 12.0. The van der Waals surface area contributed by atoms with Crippen LogP contribution in [-0.2, 0) is 33.2 Å². The lowest BCUT2D eigenvalue weighted by Gasteiger charge is -2.35. The number of rotatable bonds is 3. The molecule has 0 amide bonds. The first-order valence-corrected chi connectivity index (χ1v) is 10.8. The Balaban J connectivity index is 1.32. The molecule has 7 heteroatoms. The van der Waals surface area contributed by atoms with Gasteiger partial charge in [0.1, 0.15) is 12.2 Å². The van der Waals surface area contributed by atoms with Crippen molar-refractivity contribution in [2.75, 3.05) is 6.61 Å². The molecule has 3 heterocycles. The highest BCUT2D eigenvalue weighted by molar-refractivity contribution is 5.81. The van der Waals surface area contributed by atoms with Gasteiger partial charge >= 0.3 is 5.97 Å². The normalized spacial score (nSPS) is 41.2. The zero-order valence-electron chi connectivity index (χ0n) is 16.3. The molecule has 5 unspecified atom stereocenters. The number of carbonyl (C=O) groups excluding carboxylic acids is 1. The fraction of sp³-hybridized carbons (Fsp3) is 0.857. The second kappa shape index (κ2) is 7.36. The number of hydrogen-bond acceptors (Lipinski definition) is 7. The van der Waals surface area contributed by atoms with Crippen LogP contribution in [-0.4, -0.2) is 54.9 Å². The fourth-order valence-corrected chi connectivity index (χ4v) is 5.39. The minimum atomic E-state index is -0.602. The number of esters is 1. The maximum Gasteiger partial charge on any atom is 0.330 e. The largest absolute Gasteiger partial charge is 0.453 e. The molecule has 0 N–H and O–H groups in total. The highest BCUT2D eigenvalue weighted by atomic mass is 16.9. The smallest absolute Gasteiger partial charge is 0.330 e. The van der Waals surface area contributed by atoms with Crippen LogP contribution in [0.3, 0.4) is 0 Å². The summed E-state index contributed by atoms with van der Waals surface area (Å²) >= 11 is 0. The Hall–Kier alpha value is -0.990. The third kappa shape index (κ3) is 3.31. The Labute approximate surface area is 165 Å². The van der Waals surface area contributed by atoms with Crippen molar-refractivity contribution in [1.29, 1.82) is 0 Å². The van der Waals surface area contributed by atoms with Crippen LogP contribution in [0.4, 0.5) is 0 Å². The Kier molecular flexibility index (Phi) is 5.00. The van der Waals surface area contributed by atoms with Crippen molar-refractivity contribution >= 4 is 5.97 Å². The Morgan fingerprint density at radius 3 is 2.25 bits per heavy atom. The first-order chi connectivity index (χ1) is 13.6. The van der Waals surface area contributed by atoms with Crippen LogP contribution in [0, 0.1) is 0 Å². The predicted molar refractivity (Wildman–Crippen MR) is 97.2 cm³/mol. The van der Waals surface area contributed by atoms with Crippen molar-refractivity contribution in [2.24, 2.45) is 0 Å². The highest BCUT2D eigenvalue weighted by Crippen LogP contribution is 2.48. The summed E-state index contributed by atoms with van der Waals surface area (Å²) in [5.74, 6) is -1.60. The summed E-state index contributed by atoms with van der Waals surface area (Å²) in [6, 6.07) is 0. The lowest BCUT2D eigenvalue weighted by molar-refractivity contribution is -0.261. The van der Waals surface area contributed by atoms with E-state index < -0.39 is 42.1 Å². The molecular weight excluding hydrogens is 364 g/mol. The molecule has 28 heavy (non-hydrogen) atoms. The van der Waals surface area contributed by atoms with Crippen molar-refractivity contribution in [1.82, 2.24) is 0 Å². The molecule has 3 saturated heterocycles. The average molecular weight is 394 g/mol. The average Bonchev–Trinajstić information content (AvgIpc) is 3.36. The van der Waals surface area contributed by atoms with Gasteiger partial charge in [0.25, 0.3) is 0 Å². The fourth-order valence-electron chi connectivity index (χ4n) is 5.39. The van der Waals surface area contributed by atoms with E-state index >= 15 is 0 Å². The van der Waals surface area contributed by atoms with Gasteiger partial charge in [-0.05, 0) is 25.7 Å². The standard InChI is InChI=1S/C21H30O7/c1-2-15(22)24-17-16(14-13-23-20(26-14)9-5-3-6-10-20)25-19-18(17)27-21(28-19)11-7-4-8-12-21/h2,14,16-19H,1,3-13H2. The van der Waals surface area contributed by atoms with Gasteiger partial charge in [-0.3, -0.25) is 0 Å². The molecule has 7 nitrogen and oxygen atoms in total. The van der Waals surface area contributed by atoms with Crippen LogP contribution in [0.15, 0.2) is 12.7 Å². The van der Waals surface area contributed by atoms with Gasteiger partial charge < -0.3 is 28.4 Å². The van der Waals surface area contributed by atoms with Gasteiger partial charge in [-0.15, -0.1) is 0 Å². The van der Waals surface area contributed by atoms with Gasteiger partial charge in [-0.2, -0.15) is 0 Å². The molecule has 0 aromatic heterocycles. The zero-order chi connectivity index (χ0) is 19.2. The highest BCUT2D eigenvalue weighted by Gasteiger charge is 2.62.